The number of halogens is 5. The number of fused-ring (bicyclic) bond motifs is 1. The second kappa shape index (κ2) is 9.18. The van der Waals surface area contributed by atoms with Crippen LogP contribution in [0.2, 0.25) is 5.15 Å². The molecule has 176 valence electrons. The molecular weight excluding hydrogens is 478 g/mol. The predicted octanol–water partition coefficient (Wildman–Crippen LogP) is 6.23. The number of aromatic nitrogens is 3. The summed E-state index contributed by atoms with van der Waals surface area (Å²) in [6.07, 6.45) is -3.18. The van der Waals surface area contributed by atoms with Crippen molar-refractivity contribution in [1.82, 2.24) is 14.5 Å². The summed E-state index contributed by atoms with van der Waals surface area (Å²) < 4.78 is 59.5. The molecular formula is C22H16ClF4N5O2. The molecule has 0 aliphatic rings. The Hall–Kier alpha value is -3.86. The summed E-state index contributed by atoms with van der Waals surface area (Å²) >= 11 is 6.17. The smallest absolute Gasteiger partial charge is 0.416 e. The van der Waals surface area contributed by atoms with E-state index in [1.54, 1.807) is 29.0 Å². The molecule has 0 saturated carbocycles. The minimum absolute atomic E-state index is 0.113. The summed E-state index contributed by atoms with van der Waals surface area (Å²) in [5.41, 5.74) is 0.131. The van der Waals surface area contributed by atoms with Crippen LogP contribution in [-0.2, 0) is 12.9 Å². The third-order valence-electron chi connectivity index (χ3n) is 4.76. The van der Waals surface area contributed by atoms with E-state index >= 15 is 0 Å². The van der Waals surface area contributed by atoms with Gasteiger partial charge < -0.3 is 15.4 Å². The number of carbonyl (C=O) groups is 1. The van der Waals surface area contributed by atoms with Gasteiger partial charge >= 0.3 is 12.2 Å². The minimum Gasteiger partial charge on any atom is -0.473 e. The van der Waals surface area contributed by atoms with E-state index < -0.39 is 23.6 Å². The van der Waals surface area contributed by atoms with E-state index in [1.807, 2.05) is 6.92 Å². The number of ether oxygens (including phenoxy) is 1. The topological polar surface area (TPSA) is 81.1 Å². The fraction of sp³-hybridized carbons (Fsp3) is 0.136. The molecule has 0 aliphatic heterocycles. The van der Waals surface area contributed by atoms with Crippen LogP contribution in [0.4, 0.5) is 33.7 Å². The van der Waals surface area contributed by atoms with Gasteiger partial charge in [0.15, 0.2) is 11.9 Å². The second-order valence-electron chi connectivity index (χ2n) is 7.16. The maximum absolute atomic E-state index is 13.5. The van der Waals surface area contributed by atoms with Crippen molar-refractivity contribution in [3.8, 4) is 5.75 Å². The second-order valence-corrected chi connectivity index (χ2v) is 7.52. The van der Waals surface area contributed by atoms with Crippen molar-refractivity contribution in [1.29, 1.82) is 0 Å². The predicted molar refractivity (Wildman–Crippen MR) is 118 cm³/mol. The Morgan fingerprint density at radius 3 is 2.50 bits per heavy atom. The van der Waals surface area contributed by atoms with Gasteiger partial charge in [-0.1, -0.05) is 11.6 Å². The van der Waals surface area contributed by atoms with Gasteiger partial charge in [-0.3, -0.25) is 4.57 Å². The number of nitrogens with zero attached hydrogens (tertiary/aromatic N) is 3. The zero-order chi connectivity index (χ0) is 24.5. The molecule has 2 aromatic carbocycles. The lowest BCUT2D eigenvalue weighted by Gasteiger charge is -2.12. The van der Waals surface area contributed by atoms with E-state index in [4.69, 9.17) is 16.3 Å². The van der Waals surface area contributed by atoms with Crippen LogP contribution in [0, 0.1) is 12.7 Å². The number of hydrogen-bond donors (Lipinski definition) is 2. The number of rotatable bonds is 5. The lowest BCUT2D eigenvalue weighted by atomic mass is 10.2. The lowest BCUT2D eigenvalue weighted by molar-refractivity contribution is -0.137. The largest absolute Gasteiger partial charge is 0.473 e. The van der Waals surface area contributed by atoms with Crippen LogP contribution < -0.4 is 15.4 Å². The molecule has 2 N–H and O–H groups in total. The Labute approximate surface area is 195 Å². The van der Waals surface area contributed by atoms with Gasteiger partial charge in [0.2, 0.25) is 0 Å². The summed E-state index contributed by atoms with van der Waals surface area (Å²) in [6, 6.07) is 8.93. The summed E-state index contributed by atoms with van der Waals surface area (Å²) in [5, 5.41) is 4.94. The lowest BCUT2D eigenvalue weighted by Crippen LogP contribution is -2.20. The Kier molecular flexibility index (Phi) is 6.29. The molecule has 4 aromatic rings. The number of amides is 2. The van der Waals surface area contributed by atoms with Crippen molar-refractivity contribution in [3.05, 3.63) is 77.1 Å². The number of aryl methyl sites for hydroxylation is 1. The molecule has 0 fully saturated rings. The summed E-state index contributed by atoms with van der Waals surface area (Å²) in [5.74, 6) is 0.0441. The van der Waals surface area contributed by atoms with Crippen LogP contribution >= 0.6 is 11.6 Å². The molecule has 0 saturated heterocycles. The summed E-state index contributed by atoms with van der Waals surface area (Å²) in [7, 11) is 0. The fourth-order valence-electron chi connectivity index (χ4n) is 3.21. The molecule has 0 spiro atoms. The molecule has 0 aliphatic carbocycles. The molecule has 2 heterocycles. The standard InChI is InChI=1S/C22H16ClF4N5O2/c1-12-29-18-6-7-28-20(23)19(18)32(12)11-34-17-4-2-15(3-5-17)30-21(33)31-16-9-13(22(25,26)27)8-14(24)10-16/h2-10H,11H2,1H3,(H2,30,31,33). The van der Waals surface area contributed by atoms with Crippen LogP contribution in [0.15, 0.2) is 54.7 Å². The fourth-order valence-corrected chi connectivity index (χ4v) is 3.46. The van der Waals surface area contributed by atoms with Crippen molar-refractivity contribution in [2.45, 2.75) is 19.8 Å². The van der Waals surface area contributed by atoms with Gasteiger partial charge in [0.05, 0.1) is 11.1 Å². The number of hydrogen-bond acceptors (Lipinski definition) is 4. The molecule has 4 rings (SSSR count). The van der Waals surface area contributed by atoms with Crippen LogP contribution in [0.1, 0.15) is 11.4 Å². The number of benzene rings is 2. The number of anilines is 2. The minimum atomic E-state index is -4.74. The van der Waals surface area contributed by atoms with Crippen molar-refractivity contribution in [3.63, 3.8) is 0 Å². The number of nitrogens with one attached hydrogen (secondary N) is 2. The number of carbonyl (C=O) groups excluding carboxylic acids is 1. The highest BCUT2D eigenvalue weighted by Crippen LogP contribution is 2.31. The van der Waals surface area contributed by atoms with E-state index in [0.717, 1.165) is 6.07 Å². The maximum Gasteiger partial charge on any atom is 0.416 e. The van der Waals surface area contributed by atoms with Gasteiger partial charge in [-0.25, -0.2) is 19.2 Å². The average molecular weight is 494 g/mol. The third kappa shape index (κ3) is 5.20. The SMILES string of the molecule is Cc1nc2ccnc(Cl)c2n1COc1ccc(NC(=O)Nc2cc(F)cc(C(F)(F)F)c2)cc1. The van der Waals surface area contributed by atoms with E-state index in [2.05, 4.69) is 20.6 Å². The molecule has 0 atom stereocenters. The monoisotopic (exact) mass is 493 g/mol. The zero-order valence-electron chi connectivity index (χ0n) is 17.5. The molecule has 12 heteroatoms. The van der Waals surface area contributed by atoms with Crippen molar-refractivity contribution in [2.75, 3.05) is 10.6 Å². The quantitative estimate of drug-likeness (QED) is 0.255. The molecule has 2 aromatic heterocycles. The number of imidazole rings is 1. The first kappa shape index (κ1) is 23.3. The van der Waals surface area contributed by atoms with Crippen LogP contribution in [-0.4, -0.2) is 20.6 Å². The Morgan fingerprint density at radius 2 is 1.79 bits per heavy atom. The average Bonchev–Trinajstić information content (AvgIpc) is 3.08. The van der Waals surface area contributed by atoms with Crippen molar-refractivity contribution in [2.24, 2.45) is 0 Å². The molecule has 7 nitrogen and oxygen atoms in total. The van der Waals surface area contributed by atoms with E-state index in [-0.39, 0.29) is 12.4 Å². The van der Waals surface area contributed by atoms with Gasteiger partial charge in [-0.05, 0) is 55.5 Å². The van der Waals surface area contributed by atoms with Crippen molar-refractivity contribution >= 4 is 40.0 Å². The van der Waals surface area contributed by atoms with Gasteiger partial charge in [0.25, 0.3) is 0 Å². The number of urea groups is 1. The third-order valence-corrected chi connectivity index (χ3v) is 5.03. The van der Waals surface area contributed by atoms with Crippen LogP contribution in [0.3, 0.4) is 0 Å². The number of alkyl halides is 3. The molecule has 0 radical (unpaired) electrons. The van der Waals surface area contributed by atoms with E-state index in [0.29, 0.717) is 45.6 Å². The summed E-state index contributed by atoms with van der Waals surface area (Å²) in [4.78, 5) is 20.6. The first-order chi connectivity index (χ1) is 16.1. The Morgan fingerprint density at radius 1 is 1.09 bits per heavy atom. The van der Waals surface area contributed by atoms with Crippen LogP contribution in [0.5, 0.6) is 5.75 Å². The first-order valence-electron chi connectivity index (χ1n) is 9.76. The van der Waals surface area contributed by atoms with Crippen molar-refractivity contribution < 1.29 is 27.1 Å². The van der Waals surface area contributed by atoms with Gasteiger partial charge in [0, 0.05) is 17.6 Å². The maximum atomic E-state index is 13.5. The Balaban J connectivity index is 1.39. The van der Waals surface area contributed by atoms with E-state index in [1.165, 1.54) is 12.1 Å². The van der Waals surface area contributed by atoms with Crippen LogP contribution in [0.25, 0.3) is 11.0 Å². The molecule has 0 unspecified atom stereocenters. The Bertz CT molecular complexity index is 1360. The normalized spacial score (nSPS) is 11.5. The first-order valence-corrected chi connectivity index (χ1v) is 10.1. The molecule has 34 heavy (non-hydrogen) atoms. The van der Waals surface area contributed by atoms with Gasteiger partial charge in [-0.15, -0.1) is 0 Å². The molecule has 0 bridgehead atoms. The number of pyridine rings is 1. The highest BCUT2D eigenvalue weighted by molar-refractivity contribution is 6.33. The van der Waals surface area contributed by atoms with Gasteiger partial charge in [-0.2, -0.15) is 13.2 Å². The molecule has 2 amide bonds. The zero-order valence-corrected chi connectivity index (χ0v) is 18.2. The van der Waals surface area contributed by atoms with Gasteiger partial charge in [0.1, 0.15) is 22.9 Å². The summed E-state index contributed by atoms with van der Waals surface area (Å²) in [6.45, 7) is 1.92. The highest BCUT2D eigenvalue weighted by Gasteiger charge is 2.31. The van der Waals surface area contributed by atoms with E-state index in [9.17, 15) is 22.4 Å². The highest BCUT2D eigenvalue weighted by atomic mass is 35.5.